The minimum absolute atomic E-state index is 0.948. The summed E-state index contributed by atoms with van der Waals surface area (Å²) in [5.74, 6) is -16.8. The Labute approximate surface area is 157 Å². The fourth-order valence-electron chi connectivity index (χ4n) is 1.62. The molecular formula is C12H13F8NO7S. The van der Waals surface area contributed by atoms with E-state index in [4.69, 9.17) is 4.55 Å². The van der Waals surface area contributed by atoms with Crippen LogP contribution in [-0.2, 0) is 29.2 Å². The van der Waals surface area contributed by atoms with E-state index in [0.29, 0.717) is 0 Å². The van der Waals surface area contributed by atoms with E-state index >= 15 is 0 Å². The maximum Gasteiger partial charge on any atom is 0.466 e. The van der Waals surface area contributed by atoms with E-state index in [1.54, 1.807) is 0 Å². The van der Waals surface area contributed by atoms with E-state index in [9.17, 15) is 53.1 Å². The van der Waals surface area contributed by atoms with Gasteiger partial charge in [-0.25, -0.2) is 4.79 Å². The Bertz CT molecular complexity index is 752. The van der Waals surface area contributed by atoms with Gasteiger partial charge < -0.3 is 15.2 Å². The van der Waals surface area contributed by atoms with Gasteiger partial charge >= 0.3 is 45.1 Å². The van der Waals surface area contributed by atoms with Crippen molar-refractivity contribution in [2.45, 2.75) is 42.4 Å². The van der Waals surface area contributed by atoms with Crippen LogP contribution in [0.1, 0.15) is 19.3 Å². The minimum atomic E-state index is -6.50. The summed E-state index contributed by atoms with van der Waals surface area (Å²) in [4.78, 5) is 22.1. The molecule has 0 aliphatic heterocycles. The number of ether oxygens (including phenoxy) is 2. The summed E-state index contributed by atoms with van der Waals surface area (Å²) in [7, 11) is -6.50. The Morgan fingerprint density at radius 2 is 1.52 bits per heavy atom. The quantitative estimate of drug-likeness (QED) is 0.119. The standard InChI is InChI=1S/C12H13F8NO7S/c1-6(13)7(22)28-10(8(21)23,11(16,17)18)27-5-3-2-4-9(14,15)12(19,20)29(24,25)26/h1-5H2,(H2,21,23)(H,24,25,26). The molecule has 0 heterocycles. The molecule has 1 unspecified atom stereocenters. The topological polar surface area (TPSA) is 133 Å². The van der Waals surface area contributed by atoms with Crippen LogP contribution in [0.2, 0.25) is 0 Å². The summed E-state index contributed by atoms with van der Waals surface area (Å²) in [5, 5.41) is -5.89. The molecule has 0 saturated carbocycles. The molecule has 0 aromatic carbocycles. The molecule has 170 valence electrons. The molecular weight excluding hydrogens is 454 g/mol. The highest BCUT2D eigenvalue weighted by atomic mass is 32.2. The maximum atomic E-state index is 13.2. The Balaban J connectivity index is 5.22. The van der Waals surface area contributed by atoms with Crippen LogP contribution in [0.15, 0.2) is 12.4 Å². The number of carbonyl (C=O) groups excluding carboxylic acids is 2. The fraction of sp³-hybridized carbons (Fsp3) is 0.667. The molecule has 0 aromatic rings. The lowest BCUT2D eigenvalue weighted by Gasteiger charge is -2.31. The zero-order valence-corrected chi connectivity index (χ0v) is 14.8. The van der Waals surface area contributed by atoms with E-state index in [1.807, 2.05) is 0 Å². The van der Waals surface area contributed by atoms with Gasteiger partial charge in [0.15, 0.2) is 0 Å². The number of halogens is 8. The van der Waals surface area contributed by atoms with Gasteiger partial charge in [0.05, 0.1) is 6.61 Å². The first kappa shape index (κ1) is 27.0. The van der Waals surface area contributed by atoms with Gasteiger partial charge in [-0.15, -0.1) is 0 Å². The molecule has 0 saturated heterocycles. The van der Waals surface area contributed by atoms with Gasteiger partial charge in [-0.05, 0) is 12.8 Å². The predicted octanol–water partition coefficient (Wildman–Crippen LogP) is 2.06. The number of hydrogen-bond donors (Lipinski definition) is 2. The lowest BCUT2D eigenvalue weighted by Crippen LogP contribution is -2.60. The van der Waals surface area contributed by atoms with Gasteiger partial charge in [0, 0.05) is 6.42 Å². The van der Waals surface area contributed by atoms with Crippen molar-refractivity contribution in [1.82, 2.24) is 0 Å². The van der Waals surface area contributed by atoms with Gasteiger partial charge in [-0.3, -0.25) is 9.35 Å². The molecule has 0 aromatic heterocycles. The van der Waals surface area contributed by atoms with Crippen molar-refractivity contribution in [3.8, 4) is 0 Å². The molecule has 1 amide bonds. The number of primary amides is 1. The minimum Gasteiger partial charge on any atom is -0.410 e. The zero-order chi connectivity index (χ0) is 23.5. The fourth-order valence-corrected chi connectivity index (χ4v) is 2.09. The van der Waals surface area contributed by atoms with Gasteiger partial charge in [0.2, 0.25) is 5.83 Å². The van der Waals surface area contributed by atoms with Gasteiger partial charge in [-0.1, -0.05) is 6.58 Å². The summed E-state index contributed by atoms with van der Waals surface area (Å²) < 4.78 is 140. The molecule has 0 radical (unpaired) electrons. The average Bonchev–Trinajstić information content (AvgIpc) is 2.50. The second kappa shape index (κ2) is 8.78. The molecule has 3 N–H and O–H groups in total. The van der Waals surface area contributed by atoms with E-state index in [2.05, 4.69) is 21.8 Å². The Hall–Kier alpha value is -2.01. The molecule has 0 fully saturated rings. The number of alkyl halides is 7. The molecule has 17 heteroatoms. The van der Waals surface area contributed by atoms with Crippen molar-refractivity contribution in [2.24, 2.45) is 5.73 Å². The number of hydrogen-bond acceptors (Lipinski definition) is 6. The highest BCUT2D eigenvalue weighted by Gasteiger charge is 2.66. The lowest BCUT2D eigenvalue weighted by atomic mass is 10.1. The SMILES string of the molecule is C=C(F)C(=O)OC(OCCCCC(F)(F)C(F)(F)S(=O)(=O)O)(C(N)=O)C(F)(F)F. The summed E-state index contributed by atoms with van der Waals surface area (Å²) in [6, 6.07) is 0. The molecule has 0 aliphatic rings. The number of carbonyl (C=O) groups is 2. The van der Waals surface area contributed by atoms with Crippen LogP contribution < -0.4 is 5.73 Å². The number of nitrogens with two attached hydrogens (primary N) is 1. The molecule has 29 heavy (non-hydrogen) atoms. The van der Waals surface area contributed by atoms with Crippen molar-refractivity contribution in [1.29, 1.82) is 0 Å². The van der Waals surface area contributed by atoms with Gasteiger partial charge in [0.1, 0.15) is 0 Å². The van der Waals surface area contributed by atoms with E-state index in [0.717, 1.165) is 0 Å². The number of esters is 1. The van der Waals surface area contributed by atoms with Crippen LogP contribution in [0.4, 0.5) is 35.1 Å². The highest BCUT2D eigenvalue weighted by Crippen LogP contribution is 2.42. The molecule has 1 atom stereocenters. The van der Waals surface area contributed by atoms with E-state index in [1.165, 1.54) is 0 Å². The van der Waals surface area contributed by atoms with Crippen molar-refractivity contribution in [3.63, 3.8) is 0 Å². The maximum absolute atomic E-state index is 13.2. The summed E-state index contributed by atoms with van der Waals surface area (Å²) in [6.07, 6.45) is -9.88. The Kier molecular flexibility index (Phi) is 8.17. The van der Waals surface area contributed by atoms with Crippen molar-refractivity contribution < 1.29 is 67.2 Å². The highest BCUT2D eigenvalue weighted by molar-refractivity contribution is 7.87. The first-order valence-electron chi connectivity index (χ1n) is 7.04. The van der Waals surface area contributed by atoms with E-state index < -0.39 is 76.8 Å². The molecule has 8 nitrogen and oxygen atoms in total. The second-order valence-electron chi connectivity index (χ2n) is 5.27. The van der Waals surface area contributed by atoms with Gasteiger partial charge in [0.25, 0.3) is 0 Å². The zero-order valence-electron chi connectivity index (χ0n) is 13.9. The van der Waals surface area contributed by atoms with Crippen molar-refractivity contribution >= 4 is 22.0 Å². The third kappa shape index (κ3) is 5.99. The second-order valence-corrected chi connectivity index (χ2v) is 6.74. The van der Waals surface area contributed by atoms with Gasteiger partial charge in [-0.2, -0.15) is 43.5 Å². The first-order valence-corrected chi connectivity index (χ1v) is 8.48. The van der Waals surface area contributed by atoms with Crippen LogP contribution in [0.5, 0.6) is 0 Å². The monoisotopic (exact) mass is 467 g/mol. The average molecular weight is 467 g/mol. The largest absolute Gasteiger partial charge is 0.466 e. The van der Waals surface area contributed by atoms with Crippen LogP contribution in [0.3, 0.4) is 0 Å². The lowest BCUT2D eigenvalue weighted by molar-refractivity contribution is -0.346. The predicted molar refractivity (Wildman–Crippen MR) is 75.6 cm³/mol. The van der Waals surface area contributed by atoms with Crippen LogP contribution in [-0.4, -0.2) is 54.6 Å². The Morgan fingerprint density at radius 3 is 1.86 bits per heavy atom. The summed E-state index contributed by atoms with van der Waals surface area (Å²) in [6.45, 7) is 0.961. The number of rotatable bonds is 11. The summed E-state index contributed by atoms with van der Waals surface area (Å²) >= 11 is 0. The van der Waals surface area contributed by atoms with Crippen molar-refractivity contribution in [3.05, 3.63) is 12.4 Å². The smallest absolute Gasteiger partial charge is 0.410 e. The molecule has 0 aliphatic carbocycles. The molecule has 0 bridgehead atoms. The third-order valence-corrected chi connectivity index (χ3v) is 4.04. The molecule has 0 rings (SSSR count). The number of amides is 1. The van der Waals surface area contributed by atoms with Crippen molar-refractivity contribution in [2.75, 3.05) is 6.61 Å². The first-order chi connectivity index (χ1) is 12.7. The third-order valence-electron chi connectivity index (χ3n) is 3.10. The normalized spacial score (nSPS) is 15.5. The number of unbranched alkanes of at least 4 members (excludes halogenated alkanes) is 1. The van der Waals surface area contributed by atoms with Crippen LogP contribution in [0, 0.1) is 0 Å². The Morgan fingerprint density at radius 1 is 1.03 bits per heavy atom. The summed E-state index contributed by atoms with van der Waals surface area (Å²) in [5.41, 5.74) is 4.47. The van der Waals surface area contributed by atoms with Crippen LogP contribution >= 0.6 is 0 Å². The molecule has 0 spiro atoms. The van der Waals surface area contributed by atoms with E-state index in [-0.39, 0.29) is 0 Å². The van der Waals surface area contributed by atoms with Crippen LogP contribution in [0.25, 0.3) is 0 Å².